The molecule has 0 aromatic heterocycles. The van der Waals surface area contributed by atoms with Crippen molar-refractivity contribution in [2.75, 3.05) is 16.8 Å². The Morgan fingerprint density at radius 1 is 0.906 bits per heavy atom. The Bertz CT molecular complexity index is 1320. The van der Waals surface area contributed by atoms with Crippen molar-refractivity contribution in [2.45, 2.75) is 30.6 Å². The third-order valence-electron chi connectivity index (χ3n) is 5.87. The average Bonchev–Trinajstić information content (AvgIpc) is 3.05. The highest BCUT2D eigenvalue weighted by Gasteiger charge is 2.32. The molecule has 1 N–H and O–H groups in total. The van der Waals surface area contributed by atoms with Crippen LogP contribution in [0.2, 0.25) is 0 Å². The van der Waals surface area contributed by atoms with Crippen molar-refractivity contribution in [3.8, 4) is 11.1 Å². The van der Waals surface area contributed by atoms with Gasteiger partial charge in [-0.15, -0.1) is 4.40 Å². The lowest BCUT2D eigenvalue weighted by molar-refractivity contribution is 0.102. The van der Waals surface area contributed by atoms with Crippen molar-refractivity contribution in [1.29, 1.82) is 0 Å². The summed E-state index contributed by atoms with van der Waals surface area (Å²) < 4.78 is 29.8. The summed E-state index contributed by atoms with van der Waals surface area (Å²) in [4.78, 5) is 15.1. The number of amidine groups is 1. The van der Waals surface area contributed by atoms with Gasteiger partial charge in [0.15, 0.2) is 0 Å². The quantitative estimate of drug-likeness (QED) is 0.609. The molecule has 1 amide bonds. The second-order valence-electron chi connectivity index (χ2n) is 7.99. The van der Waals surface area contributed by atoms with Crippen molar-refractivity contribution >= 4 is 33.1 Å². The van der Waals surface area contributed by atoms with E-state index < -0.39 is 10.0 Å². The number of hydrogen-bond donors (Lipinski definition) is 1. The van der Waals surface area contributed by atoms with E-state index in [1.165, 1.54) is 6.07 Å². The number of amides is 1. The Balaban J connectivity index is 1.48. The first-order chi connectivity index (χ1) is 15.5. The number of nitrogens with one attached hydrogen (secondary N) is 1. The summed E-state index contributed by atoms with van der Waals surface area (Å²) >= 11 is 0. The minimum Gasteiger partial charge on any atom is -0.328 e. The van der Waals surface area contributed by atoms with Crippen LogP contribution in [0.15, 0.2) is 82.1 Å². The highest BCUT2D eigenvalue weighted by Crippen LogP contribution is 2.35. The lowest BCUT2D eigenvalue weighted by atomic mass is 10.0. The van der Waals surface area contributed by atoms with Crippen LogP contribution in [-0.2, 0) is 10.0 Å². The van der Waals surface area contributed by atoms with E-state index in [9.17, 15) is 13.2 Å². The van der Waals surface area contributed by atoms with Crippen LogP contribution in [0.3, 0.4) is 0 Å². The SMILES string of the molecule is O=C(Nc1ccccc1-c1ccccc1)c1ccc2c(c1)S(=O)(=O)N=C1CCCCCN12. The summed E-state index contributed by atoms with van der Waals surface area (Å²) in [6.45, 7) is 0.733. The highest BCUT2D eigenvalue weighted by atomic mass is 32.2. The molecule has 5 rings (SSSR count). The van der Waals surface area contributed by atoms with E-state index in [0.717, 1.165) is 36.9 Å². The van der Waals surface area contributed by atoms with E-state index in [1.54, 1.807) is 12.1 Å². The van der Waals surface area contributed by atoms with Crippen molar-refractivity contribution < 1.29 is 13.2 Å². The number of benzene rings is 3. The maximum absolute atomic E-state index is 13.1. The van der Waals surface area contributed by atoms with E-state index in [4.69, 9.17) is 0 Å². The summed E-state index contributed by atoms with van der Waals surface area (Å²) in [5.41, 5.74) is 3.43. The predicted molar refractivity (Wildman–Crippen MR) is 127 cm³/mol. The molecule has 0 atom stereocenters. The van der Waals surface area contributed by atoms with Crippen molar-refractivity contribution in [2.24, 2.45) is 4.40 Å². The molecule has 6 nitrogen and oxygen atoms in total. The minimum atomic E-state index is -3.84. The van der Waals surface area contributed by atoms with E-state index in [-0.39, 0.29) is 16.4 Å². The van der Waals surface area contributed by atoms with Gasteiger partial charge in [0.2, 0.25) is 0 Å². The fourth-order valence-electron chi connectivity index (χ4n) is 4.28. The first-order valence-electron chi connectivity index (χ1n) is 10.7. The Morgan fingerprint density at radius 2 is 1.69 bits per heavy atom. The number of hydrogen-bond acceptors (Lipinski definition) is 4. The number of anilines is 2. The molecule has 2 heterocycles. The van der Waals surface area contributed by atoms with Crippen LogP contribution >= 0.6 is 0 Å². The number of carbonyl (C=O) groups is 1. The zero-order chi connectivity index (χ0) is 22.1. The van der Waals surface area contributed by atoms with E-state index in [0.29, 0.717) is 23.6 Å². The zero-order valence-electron chi connectivity index (χ0n) is 17.5. The van der Waals surface area contributed by atoms with Crippen molar-refractivity contribution in [3.63, 3.8) is 0 Å². The first kappa shape index (κ1) is 20.5. The molecule has 0 bridgehead atoms. The van der Waals surface area contributed by atoms with Crippen molar-refractivity contribution in [1.82, 2.24) is 0 Å². The number of carbonyl (C=O) groups excluding carboxylic acids is 1. The molecular weight excluding hydrogens is 422 g/mol. The standard InChI is InChI=1S/C25H23N3O3S/c29-25(26-21-12-7-6-11-20(21)18-9-3-1-4-10-18)19-14-15-22-23(17-19)32(30,31)27-24-13-5-2-8-16-28(22)24/h1,3-4,6-7,9-12,14-15,17H,2,5,8,13,16H2,(H,26,29). The summed E-state index contributed by atoms with van der Waals surface area (Å²) in [6.07, 6.45) is 3.61. The summed E-state index contributed by atoms with van der Waals surface area (Å²) in [6, 6.07) is 22.2. The highest BCUT2D eigenvalue weighted by molar-refractivity contribution is 7.90. The van der Waals surface area contributed by atoms with Gasteiger partial charge in [-0.05, 0) is 42.7 Å². The third-order valence-corrected chi connectivity index (χ3v) is 7.20. The molecule has 1 saturated heterocycles. The molecule has 7 heteroatoms. The number of nitrogens with zero attached hydrogens (tertiary/aromatic N) is 2. The Hall–Kier alpha value is -3.45. The lowest BCUT2D eigenvalue weighted by Gasteiger charge is -2.29. The number of sulfonamides is 1. The fourth-order valence-corrected chi connectivity index (χ4v) is 5.56. The van der Waals surface area contributed by atoms with Gasteiger partial charge in [0.25, 0.3) is 15.9 Å². The number of rotatable bonds is 3. The van der Waals surface area contributed by atoms with Gasteiger partial charge in [0.05, 0.1) is 5.69 Å². The lowest BCUT2D eigenvalue weighted by Crippen LogP contribution is -2.35. The van der Waals surface area contributed by atoms with E-state index in [2.05, 4.69) is 9.71 Å². The molecule has 32 heavy (non-hydrogen) atoms. The molecular formula is C25H23N3O3S. The fraction of sp³-hybridized carbons (Fsp3) is 0.200. The van der Waals surface area contributed by atoms with Crippen LogP contribution in [-0.4, -0.2) is 26.7 Å². The summed E-state index contributed by atoms with van der Waals surface area (Å²) in [7, 11) is -3.84. The van der Waals surface area contributed by atoms with Gasteiger partial charge < -0.3 is 10.2 Å². The van der Waals surface area contributed by atoms with Crippen LogP contribution in [0.1, 0.15) is 36.0 Å². The molecule has 0 unspecified atom stereocenters. The molecule has 0 radical (unpaired) electrons. The zero-order valence-corrected chi connectivity index (χ0v) is 18.3. The average molecular weight is 446 g/mol. The molecule has 2 aliphatic heterocycles. The molecule has 0 aliphatic carbocycles. The van der Waals surface area contributed by atoms with E-state index >= 15 is 0 Å². The molecule has 3 aromatic carbocycles. The Kier molecular flexibility index (Phi) is 5.27. The molecule has 3 aromatic rings. The number of para-hydroxylation sites is 1. The normalized spacial score (nSPS) is 16.9. The Labute approximate surface area is 187 Å². The third kappa shape index (κ3) is 3.80. The topological polar surface area (TPSA) is 78.8 Å². The van der Waals surface area contributed by atoms with Gasteiger partial charge >= 0.3 is 0 Å². The second-order valence-corrected chi connectivity index (χ2v) is 9.57. The van der Waals surface area contributed by atoms with Crippen LogP contribution in [0.5, 0.6) is 0 Å². The van der Waals surface area contributed by atoms with Gasteiger partial charge in [-0.1, -0.05) is 55.0 Å². The van der Waals surface area contributed by atoms with Crippen molar-refractivity contribution in [3.05, 3.63) is 78.4 Å². The Morgan fingerprint density at radius 3 is 2.53 bits per heavy atom. The molecule has 0 spiro atoms. The van der Waals surface area contributed by atoms with E-state index in [1.807, 2.05) is 59.5 Å². The van der Waals surface area contributed by atoms with Gasteiger partial charge in [-0.25, -0.2) is 0 Å². The smallest absolute Gasteiger partial charge is 0.286 e. The van der Waals surface area contributed by atoms with Crippen LogP contribution in [0.25, 0.3) is 11.1 Å². The predicted octanol–water partition coefficient (Wildman–Crippen LogP) is 5.09. The van der Waals surface area contributed by atoms with Gasteiger partial charge in [-0.3, -0.25) is 4.79 Å². The minimum absolute atomic E-state index is 0.0899. The molecule has 1 fully saturated rings. The summed E-state index contributed by atoms with van der Waals surface area (Å²) in [5.74, 6) is 0.237. The van der Waals surface area contributed by atoms with Gasteiger partial charge in [-0.2, -0.15) is 8.42 Å². The number of fused-ring (bicyclic) bond motifs is 3. The van der Waals surface area contributed by atoms with Gasteiger partial charge in [0, 0.05) is 29.8 Å². The monoisotopic (exact) mass is 445 g/mol. The first-order valence-corrected chi connectivity index (χ1v) is 12.2. The maximum atomic E-state index is 13.1. The maximum Gasteiger partial charge on any atom is 0.286 e. The second kappa shape index (κ2) is 8.24. The molecule has 2 aliphatic rings. The largest absolute Gasteiger partial charge is 0.328 e. The van der Waals surface area contributed by atoms with Gasteiger partial charge in [0.1, 0.15) is 10.7 Å². The van der Waals surface area contributed by atoms with Crippen LogP contribution in [0.4, 0.5) is 11.4 Å². The van der Waals surface area contributed by atoms with Crippen LogP contribution < -0.4 is 10.2 Å². The summed E-state index contributed by atoms with van der Waals surface area (Å²) in [5, 5.41) is 2.94. The molecule has 162 valence electrons. The van der Waals surface area contributed by atoms with Crippen LogP contribution in [0, 0.1) is 0 Å². The molecule has 0 saturated carbocycles.